The van der Waals surface area contributed by atoms with Crippen molar-refractivity contribution in [1.82, 2.24) is 0 Å². The lowest BCUT2D eigenvalue weighted by Gasteiger charge is -2.07. The Balaban J connectivity index is 2.88. The van der Waals surface area contributed by atoms with Gasteiger partial charge in [0, 0.05) is 5.92 Å². The smallest absolute Gasteiger partial charge is 0.136 e. The van der Waals surface area contributed by atoms with Gasteiger partial charge >= 0.3 is 0 Å². The van der Waals surface area contributed by atoms with Gasteiger partial charge in [-0.1, -0.05) is 43.3 Å². The van der Waals surface area contributed by atoms with Gasteiger partial charge in [-0.2, -0.15) is 0 Å². The minimum Gasteiger partial charge on any atom is -0.299 e. The van der Waals surface area contributed by atoms with Crippen molar-refractivity contribution in [1.29, 1.82) is 0 Å². The van der Waals surface area contributed by atoms with Crippen molar-refractivity contribution in [2.75, 3.05) is 0 Å². The topological polar surface area (TPSA) is 17.1 Å². The molecular formula is C13H16O. The van der Waals surface area contributed by atoms with Crippen molar-refractivity contribution in [3.8, 4) is 0 Å². The molecule has 1 atom stereocenters. The second-order valence-electron chi connectivity index (χ2n) is 3.50. The van der Waals surface area contributed by atoms with Crippen LogP contribution >= 0.6 is 0 Å². The van der Waals surface area contributed by atoms with Crippen LogP contribution in [0.3, 0.4) is 0 Å². The number of ketones is 1. The molecule has 0 aliphatic carbocycles. The third-order valence-corrected chi connectivity index (χ3v) is 2.41. The van der Waals surface area contributed by atoms with E-state index in [9.17, 15) is 4.79 Å². The molecule has 1 aromatic rings. The van der Waals surface area contributed by atoms with Crippen LogP contribution < -0.4 is 0 Å². The van der Waals surface area contributed by atoms with Gasteiger partial charge in [-0.15, -0.1) is 0 Å². The Bertz CT molecular complexity index is 333. The molecule has 0 heterocycles. The number of benzene rings is 1. The van der Waals surface area contributed by atoms with Gasteiger partial charge in [-0.3, -0.25) is 4.79 Å². The highest BCUT2D eigenvalue weighted by Gasteiger charge is 2.09. The molecule has 0 N–H and O–H groups in total. The summed E-state index contributed by atoms with van der Waals surface area (Å²) < 4.78 is 0. The summed E-state index contributed by atoms with van der Waals surface area (Å²) in [5.41, 5.74) is 2.26. The lowest BCUT2D eigenvalue weighted by atomic mass is 9.97. The van der Waals surface area contributed by atoms with E-state index in [1.807, 2.05) is 50.3 Å². The average Bonchev–Trinajstić information content (AvgIpc) is 2.18. The van der Waals surface area contributed by atoms with E-state index < -0.39 is 0 Å². The van der Waals surface area contributed by atoms with Crippen molar-refractivity contribution in [2.24, 2.45) is 0 Å². The highest BCUT2D eigenvalue weighted by molar-refractivity contribution is 5.82. The maximum absolute atomic E-state index is 11.1. The first-order valence-corrected chi connectivity index (χ1v) is 4.88. The van der Waals surface area contributed by atoms with Crippen LogP contribution in [0.15, 0.2) is 30.3 Å². The number of Topliss-reactive ketones (excluding diaryl/α,β-unsaturated/α-hetero) is 1. The van der Waals surface area contributed by atoms with Crippen LogP contribution in [0.25, 0.3) is 6.08 Å². The number of hydrogen-bond acceptors (Lipinski definition) is 1. The summed E-state index contributed by atoms with van der Waals surface area (Å²) in [6, 6.07) is 8.10. The monoisotopic (exact) mass is 188 g/mol. The SMILES string of the molecule is CC=Cc1ccc(C(C)C(C)=O)cc1. The maximum atomic E-state index is 11.1. The van der Waals surface area contributed by atoms with Crippen molar-refractivity contribution in [2.45, 2.75) is 26.7 Å². The van der Waals surface area contributed by atoms with Gasteiger partial charge in [-0.05, 0) is 25.0 Å². The molecule has 1 unspecified atom stereocenters. The largest absolute Gasteiger partial charge is 0.299 e. The van der Waals surface area contributed by atoms with Gasteiger partial charge in [0.05, 0.1) is 0 Å². The molecule has 1 heteroatoms. The molecule has 0 fully saturated rings. The molecule has 0 saturated heterocycles. The zero-order chi connectivity index (χ0) is 10.6. The maximum Gasteiger partial charge on any atom is 0.136 e. The van der Waals surface area contributed by atoms with Crippen molar-refractivity contribution in [3.05, 3.63) is 41.5 Å². The second-order valence-corrected chi connectivity index (χ2v) is 3.50. The van der Waals surface area contributed by atoms with Gasteiger partial charge in [0.15, 0.2) is 0 Å². The first-order valence-electron chi connectivity index (χ1n) is 4.88. The first-order chi connectivity index (χ1) is 6.65. The molecule has 0 spiro atoms. The number of hydrogen-bond donors (Lipinski definition) is 0. The normalized spacial score (nSPS) is 13.1. The molecule has 0 aliphatic heterocycles. The number of carbonyl (C=O) groups is 1. The van der Waals surface area contributed by atoms with Crippen LogP contribution in [0.4, 0.5) is 0 Å². The van der Waals surface area contributed by atoms with Crippen LogP contribution in [0, 0.1) is 0 Å². The molecule has 1 aromatic carbocycles. The first kappa shape index (κ1) is 10.7. The van der Waals surface area contributed by atoms with Crippen LogP contribution in [0.2, 0.25) is 0 Å². The van der Waals surface area contributed by atoms with E-state index in [-0.39, 0.29) is 11.7 Å². The summed E-state index contributed by atoms with van der Waals surface area (Å²) in [7, 11) is 0. The average molecular weight is 188 g/mol. The predicted octanol–water partition coefficient (Wildman–Crippen LogP) is 3.41. The third kappa shape index (κ3) is 2.56. The molecule has 1 rings (SSSR count). The predicted molar refractivity (Wildman–Crippen MR) is 60.2 cm³/mol. The van der Waals surface area contributed by atoms with Crippen LogP contribution in [0.5, 0.6) is 0 Å². The highest BCUT2D eigenvalue weighted by Crippen LogP contribution is 2.17. The van der Waals surface area contributed by atoms with Crippen molar-refractivity contribution in [3.63, 3.8) is 0 Å². The lowest BCUT2D eigenvalue weighted by Crippen LogP contribution is -2.03. The molecule has 0 bridgehead atoms. The molecule has 0 radical (unpaired) electrons. The van der Waals surface area contributed by atoms with E-state index >= 15 is 0 Å². The van der Waals surface area contributed by atoms with Gasteiger partial charge in [-0.25, -0.2) is 0 Å². The van der Waals surface area contributed by atoms with Crippen LogP contribution in [-0.2, 0) is 4.79 Å². The standard InChI is InChI=1S/C13H16O/c1-4-5-12-6-8-13(9-7-12)10(2)11(3)14/h4-10H,1-3H3. The van der Waals surface area contributed by atoms with E-state index in [0.29, 0.717) is 0 Å². The minimum absolute atomic E-state index is 0.00894. The molecule has 1 nitrogen and oxygen atoms in total. The van der Waals surface area contributed by atoms with E-state index in [1.165, 1.54) is 5.56 Å². The fourth-order valence-corrected chi connectivity index (χ4v) is 1.32. The molecule has 0 amide bonds. The molecular weight excluding hydrogens is 172 g/mol. The van der Waals surface area contributed by atoms with Crippen LogP contribution in [0.1, 0.15) is 37.8 Å². The van der Waals surface area contributed by atoms with Crippen molar-refractivity contribution < 1.29 is 4.79 Å². The van der Waals surface area contributed by atoms with E-state index in [1.54, 1.807) is 6.92 Å². The molecule has 74 valence electrons. The Morgan fingerprint density at radius 3 is 2.29 bits per heavy atom. The Morgan fingerprint density at radius 2 is 1.86 bits per heavy atom. The van der Waals surface area contributed by atoms with Crippen molar-refractivity contribution >= 4 is 11.9 Å². The molecule has 0 saturated carbocycles. The molecule has 0 aromatic heterocycles. The van der Waals surface area contributed by atoms with E-state index in [2.05, 4.69) is 0 Å². The second kappa shape index (κ2) is 4.75. The summed E-state index contributed by atoms with van der Waals surface area (Å²) in [6.45, 7) is 5.56. The molecule has 14 heavy (non-hydrogen) atoms. The fraction of sp³-hybridized carbons (Fsp3) is 0.308. The Hall–Kier alpha value is -1.37. The summed E-state index contributed by atoms with van der Waals surface area (Å²) >= 11 is 0. The van der Waals surface area contributed by atoms with E-state index in [4.69, 9.17) is 0 Å². The lowest BCUT2D eigenvalue weighted by molar-refractivity contribution is -0.118. The fourth-order valence-electron chi connectivity index (χ4n) is 1.32. The van der Waals surface area contributed by atoms with Crippen LogP contribution in [-0.4, -0.2) is 5.78 Å². The highest BCUT2D eigenvalue weighted by atomic mass is 16.1. The third-order valence-electron chi connectivity index (χ3n) is 2.41. The van der Waals surface area contributed by atoms with Gasteiger partial charge in [0.1, 0.15) is 5.78 Å². The quantitative estimate of drug-likeness (QED) is 0.710. The van der Waals surface area contributed by atoms with Gasteiger partial charge in [0.2, 0.25) is 0 Å². The Kier molecular flexibility index (Phi) is 3.63. The number of rotatable bonds is 3. The van der Waals surface area contributed by atoms with Gasteiger partial charge in [0.25, 0.3) is 0 Å². The summed E-state index contributed by atoms with van der Waals surface area (Å²) in [5, 5.41) is 0. The number of allylic oxidation sites excluding steroid dienone is 1. The number of carbonyl (C=O) groups excluding carboxylic acids is 1. The summed E-state index contributed by atoms with van der Waals surface area (Å²) in [5.74, 6) is 0.221. The zero-order valence-corrected chi connectivity index (χ0v) is 8.95. The Labute approximate surface area is 85.5 Å². The minimum atomic E-state index is 0.00894. The zero-order valence-electron chi connectivity index (χ0n) is 8.95. The summed E-state index contributed by atoms with van der Waals surface area (Å²) in [6.07, 6.45) is 4.05. The van der Waals surface area contributed by atoms with Gasteiger partial charge < -0.3 is 0 Å². The summed E-state index contributed by atoms with van der Waals surface area (Å²) in [4.78, 5) is 11.1. The Morgan fingerprint density at radius 1 is 1.29 bits per heavy atom. The van der Waals surface area contributed by atoms with E-state index in [0.717, 1.165) is 5.56 Å². The molecule has 0 aliphatic rings.